The van der Waals surface area contributed by atoms with Gasteiger partial charge >= 0.3 is 6.09 Å². The van der Waals surface area contributed by atoms with Crippen LogP contribution in [0.5, 0.6) is 0 Å². The lowest BCUT2D eigenvalue weighted by atomic mass is 9.91. The standard InChI is InChI=1S/C16H30N2O2/c1-13-12-18(15(19)20-16(2,3)4)11-8-14(13)17-9-6-5-7-10-17/h13-14H,5-12H2,1-4H3. The van der Waals surface area contributed by atoms with Crippen LogP contribution in [0.25, 0.3) is 0 Å². The number of hydrogen-bond donors (Lipinski definition) is 0. The normalized spacial score (nSPS) is 29.3. The van der Waals surface area contributed by atoms with E-state index >= 15 is 0 Å². The molecular weight excluding hydrogens is 252 g/mol. The topological polar surface area (TPSA) is 32.8 Å². The molecule has 116 valence electrons. The third-order valence-corrected chi connectivity index (χ3v) is 4.37. The molecule has 2 aliphatic rings. The Hall–Kier alpha value is -0.770. The molecule has 4 nitrogen and oxygen atoms in total. The summed E-state index contributed by atoms with van der Waals surface area (Å²) in [5, 5.41) is 0. The SMILES string of the molecule is CC1CN(C(=O)OC(C)(C)C)CCC1N1CCCCC1. The van der Waals surface area contributed by atoms with Crippen LogP contribution in [0, 0.1) is 5.92 Å². The van der Waals surface area contributed by atoms with Crippen LogP contribution in [0.3, 0.4) is 0 Å². The van der Waals surface area contributed by atoms with Crippen LogP contribution in [0.2, 0.25) is 0 Å². The molecule has 2 aliphatic heterocycles. The van der Waals surface area contributed by atoms with E-state index in [-0.39, 0.29) is 6.09 Å². The highest BCUT2D eigenvalue weighted by Gasteiger charge is 2.34. The predicted octanol–water partition coefficient (Wildman–Crippen LogP) is 3.12. The zero-order chi connectivity index (χ0) is 14.8. The minimum atomic E-state index is -0.399. The summed E-state index contributed by atoms with van der Waals surface area (Å²) in [4.78, 5) is 16.7. The summed E-state index contributed by atoms with van der Waals surface area (Å²) in [6.07, 6.45) is 4.97. The Kier molecular flexibility index (Phi) is 4.95. The molecule has 0 radical (unpaired) electrons. The number of rotatable bonds is 1. The summed E-state index contributed by atoms with van der Waals surface area (Å²) in [6, 6.07) is 0.647. The van der Waals surface area contributed by atoms with Crippen molar-refractivity contribution in [2.24, 2.45) is 5.92 Å². The van der Waals surface area contributed by atoms with Gasteiger partial charge in [0, 0.05) is 19.1 Å². The molecule has 1 amide bonds. The zero-order valence-electron chi connectivity index (χ0n) is 13.5. The number of likely N-dealkylation sites (tertiary alicyclic amines) is 2. The van der Waals surface area contributed by atoms with Crippen molar-refractivity contribution in [3.63, 3.8) is 0 Å². The van der Waals surface area contributed by atoms with E-state index in [0.717, 1.165) is 19.5 Å². The maximum Gasteiger partial charge on any atom is 0.410 e. The maximum absolute atomic E-state index is 12.1. The van der Waals surface area contributed by atoms with Crippen LogP contribution in [0.1, 0.15) is 53.4 Å². The van der Waals surface area contributed by atoms with Gasteiger partial charge < -0.3 is 9.64 Å². The van der Waals surface area contributed by atoms with Crippen LogP contribution in [-0.4, -0.2) is 53.7 Å². The van der Waals surface area contributed by atoms with Crippen molar-refractivity contribution < 1.29 is 9.53 Å². The molecule has 0 bridgehead atoms. The fourth-order valence-corrected chi connectivity index (χ4v) is 3.42. The molecule has 0 aromatic rings. The van der Waals surface area contributed by atoms with Gasteiger partial charge in [-0.25, -0.2) is 4.79 Å². The second-order valence-corrected chi connectivity index (χ2v) is 7.36. The summed E-state index contributed by atoms with van der Waals surface area (Å²) in [7, 11) is 0. The molecule has 2 heterocycles. The van der Waals surface area contributed by atoms with Gasteiger partial charge in [-0.15, -0.1) is 0 Å². The molecular formula is C16H30N2O2. The van der Waals surface area contributed by atoms with Crippen molar-refractivity contribution in [1.82, 2.24) is 9.80 Å². The first-order chi connectivity index (χ1) is 9.37. The highest BCUT2D eigenvalue weighted by molar-refractivity contribution is 5.68. The van der Waals surface area contributed by atoms with Crippen molar-refractivity contribution in [3.05, 3.63) is 0 Å². The molecule has 0 aliphatic carbocycles. The number of nitrogens with zero attached hydrogens (tertiary/aromatic N) is 2. The van der Waals surface area contributed by atoms with E-state index in [9.17, 15) is 4.79 Å². The maximum atomic E-state index is 12.1. The molecule has 2 rings (SSSR count). The Balaban J connectivity index is 1.86. The van der Waals surface area contributed by atoms with Gasteiger partial charge in [0.1, 0.15) is 5.60 Å². The first kappa shape index (κ1) is 15.6. The lowest BCUT2D eigenvalue weighted by molar-refractivity contribution is 0.00172. The van der Waals surface area contributed by atoms with Gasteiger partial charge in [-0.1, -0.05) is 13.3 Å². The lowest BCUT2D eigenvalue weighted by Gasteiger charge is -2.44. The van der Waals surface area contributed by atoms with Crippen LogP contribution in [-0.2, 0) is 4.74 Å². The summed E-state index contributed by atoms with van der Waals surface area (Å²) >= 11 is 0. The number of ether oxygens (including phenoxy) is 1. The van der Waals surface area contributed by atoms with E-state index in [0.29, 0.717) is 12.0 Å². The fraction of sp³-hybridized carbons (Fsp3) is 0.938. The lowest BCUT2D eigenvalue weighted by Crippen LogP contribution is -2.53. The van der Waals surface area contributed by atoms with Crippen molar-refractivity contribution in [2.75, 3.05) is 26.2 Å². The van der Waals surface area contributed by atoms with E-state index < -0.39 is 5.60 Å². The molecule has 20 heavy (non-hydrogen) atoms. The smallest absolute Gasteiger partial charge is 0.410 e. The van der Waals surface area contributed by atoms with E-state index in [1.807, 2.05) is 25.7 Å². The molecule has 2 fully saturated rings. The third kappa shape index (κ3) is 4.11. The Morgan fingerprint density at radius 3 is 2.30 bits per heavy atom. The van der Waals surface area contributed by atoms with Crippen molar-refractivity contribution in [3.8, 4) is 0 Å². The first-order valence-corrected chi connectivity index (χ1v) is 8.09. The molecule has 2 atom stereocenters. The van der Waals surface area contributed by atoms with Crippen LogP contribution in [0.4, 0.5) is 4.79 Å². The fourth-order valence-electron chi connectivity index (χ4n) is 3.42. The van der Waals surface area contributed by atoms with Crippen molar-refractivity contribution in [2.45, 2.75) is 65.0 Å². The van der Waals surface area contributed by atoms with E-state index in [2.05, 4.69) is 11.8 Å². The molecule has 0 saturated carbocycles. The molecule has 2 unspecified atom stereocenters. The predicted molar refractivity (Wildman–Crippen MR) is 80.8 cm³/mol. The monoisotopic (exact) mass is 282 g/mol. The highest BCUT2D eigenvalue weighted by atomic mass is 16.6. The van der Waals surface area contributed by atoms with E-state index in [1.165, 1.54) is 32.4 Å². The molecule has 0 aromatic heterocycles. The number of carbonyl (C=O) groups is 1. The van der Waals surface area contributed by atoms with Gasteiger partial charge in [0.25, 0.3) is 0 Å². The Labute approximate surface area is 123 Å². The summed E-state index contributed by atoms with van der Waals surface area (Å²) in [5.41, 5.74) is -0.399. The van der Waals surface area contributed by atoms with Gasteiger partial charge in [0.05, 0.1) is 0 Å². The average Bonchev–Trinajstić information content (AvgIpc) is 2.37. The Morgan fingerprint density at radius 2 is 1.75 bits per heavy atom. The molecule has 0 N–H and O–H groups in total. The van der Waals surface area contributed by atoms with E-state index in [1.54, 1.807) is 0 Å². The largest absolute Gasteiger partial charge is 0.444 e. The Morgan fingerprint density at radius 1 is 1.10 bits per heavy atom. The molecule has 0 aromatic carbocycles. The van der Waals surface area contributed by atoms with Gasteiger partial charge in [-0.05, 0) is 59.0 Å². The number of hydrogen-bond acceptors (Lipinski definition) is 3. The Bertz CT molecular complexity index is 332. The van der Waals surface area contributed by atoms with Crippen LogP contribution >= 0.6 is 0 Å². The third-order valence-electron chi connectivity index (χ3n) is 4.37. The van der Waals surface area contributed by atoms with Crippen LogP contribution in [0.15, 0.2) is 0 Å². The molecule has 4 heteroatoms. The first-order valence-electron chi connectivity index (χ1n) is 8.09. The zero-order valence-corrected chi connectivity index (χ0v) is 13.5. The van der Waals surface area contributed by atoms with E-state index in [4.69, 9.17) is 4.74 Å². The highest BCUT2D eigenvalue weighted by Crippen LogP contribution is 2.26. The summed E-state index contributed by atoms with van der Waals surface area (Å²) in [6.45, 7) is 12.2. The van der Waals surface area contributed by atoms with Gasteiger partial charge in [-0.2, -0.15) is 0 Å². The minimum Gasteiger partial charge on any atom is -0.444 e. The second kappa shape index (κ2) is 6.33. The minimum absolute atomic E-state index is 0.151. The quantitative estimate of drug-likeness (QED) is 0.741. The number of carbonyl (C=O) groups excluding carboxylic acids is 1. The second-order valence-electron chi connectivity index (χ2n) is 7.36. The summed E-state index contributed by atoms with van der Waals surface area (Å²) in [5.74, 6) is 0.536. The number of amides is 1. The van der Waals surface area contributed by atoms with Crippen LogP contribution < -0.4 is 0 Å². The molecule has 0 spiro atoms. The molecule has 2 saturated heterocycles. The van der Waals surface area contributed by atoms with Crippen molar-refractivity contribution in [1.29, 1.82) is 0 Å². The van der Waals surface area contributed by atoms with Gasteiger partial charge in [0.15, 0.2) is 0 Å². The number of piperidine rings is 2. The van der Waals surface area contributed by atoms with Gasteiger partial charge in [-0.3, -0.25) is 4.90 Å². The van der Waals surface area contributed by atoms with Crippen molar-refractivity contribution >= 4 is 6.09 Å². The summed E-state index contributed by atoms with van der Waals surface area (Å²) < 4.78 is 5.48. The average molecular weight is 282 g/mol. The van der Waals surface area contributed by atoms with Gasteiger partial charge in [0.2, 0.25) is 0 Å².